The third kappa shape index (κ3) is 4.80. The Morgan fingerprint density at radius 1 is 1.12 bits per heavy atom. The van der Waals surface area contributed by atoms with Crippen molar-refractivity contribution in [2.24, 2.45) is 0 Å². The number of ether oxygens (including phenoxy) is 2. The van der Waals surface area contributed by atoms with Crippen molar-refractivity contribution < 1.29 is 23.9 Å². The molecular formula is C25H24N2O5S. The molecule has 1 unspecified atom stereocenters. The lowest BCUT2D eigenvalue weighted by Crippen LogP contribution is -2.74. The summed E-state index contributed by atoms with van der Waals surface area (Å²) in [4.78, 5) is 39.8. The van der Waals surface area contributed by atoms with Crippen molar-refractivity contribution in [2.45, 2.75) is 30.5 Å². The number of nitrogens with zero attached hydrogens (tertiary/aromatic N) is 1. The van der Waals surface area contributed by atoms with E-state index in [4.69, 9.17) is 9.47 Å². The zero-order valence-corrected chi connectivity index (χ0v) is 18.9. The Labute approximate surface area is 196 Å². The third-order valence-corrected chi connectivity index (χ3v) is 6.73. The molecule has 0 aromatic heterocycles. The fraction of sp³-hybridized carbons (Fsp3) is 0.240. The smallest absolute Gasteiger partial charge is 0.333 e. The first-order chi connectivity index (χ1) is 16.0. The normalized spacial score (nSPS) is 21.2. The van der Waals surface area contributed by atoms with Gasteiger partial charge in [0.2, 0.25) is 11.8 Å². The van der Waals surface area contributed by atoms with Crippen LogP contribution in [-0.2, 0) is 32.1 Å². The molecule has 0 saturated carbocycles. The Hall–Kier alpha value is -3.52. The van der Waals surface area contributed by atoms with Crippen LogP contribution >= 0.6 is 11.8 Å². The van der Waals surface area contributed by atoms with E-state index in [9.17, 15) is 14.4 Å². The summed E-state index contributed by atoms with van der Waals surface area (Å²) in [5.41, 5.74) is 2.26. The molecule has 7 nitrogen and oxygen atoms in total. The minimum atomic E-state index is -0.887. The van der Waals surface area contributed by atoms with E-state index in [2.05, 4.69) is 11.9 Å². The quantitative estimate of drug-likeness (QED) is 0.478. The molecule has 0 bridgehead atoms. The number of hydrogen-bond donors (Lipinski definition) is 1. The van der Waals surface area contributed by atoms with Gasteiger partial charge >= 0.3 is 5.97 Å². The number of esters is 1. The van der Waals surface area contributed by atoms with E-state index in [1.807, 2.05) is 42.5 Å². The Bertz CT molecular complexity index is 1080. The van der Waals surface area contributed by atoms with Gasteiger partial charge in [0, 0.05) is 0 Å². The molecule has 2 aliphatic heterocycles. The Morgan fingerprint density at radius 3 is 2.52 bits per heavy atom. The fourth-order valence-electron chi connectivity index (χ4n) is 3.78. The van der Waals surface area contributed by atoms with Gasteiger partial charge in [0.15, 0.2) is 6.04 Å². The first-order valence-electron chi connectivity index (χ1n) is 10.4. The summed E-state index contributed by atoms with van der Waals surface area (Å²) in [5.74, 6) is -0.380. The SMILES string of the molecule is C=CC1=CS[C@@H]2[C@H](NC(=O)Cc3ccccc3)C(=O)N2C1C(=O)OCc1ccc(OC)cc1. The van der Waals surface area contributed by atoms with Crippen LogP contribution in [0.4, 0.5) is 0 Å². The number of hydrogen-bond acceptors (Lipinski definition) is 6. The molecule has 0 spiro atoms. The highest BCUT2D eigenvalue weighted by Gasteiger charge is 2.55. The molecule has 2 amide bonds. The highest BCUT2D eigenvalue weighted by molar-refractivity contribution is 8.03. The van der Waals surface area contributed by atoms with Crippen LogP contribution in [0.1, 0.15) is 11.1 Å². The van der Waals surface area contributed by atoms with Crippen molar-refractivity contribution in [3.8, 4) is 5.75 Å². The molecule has 2 heterocycles. The average Bonchev–Trinajstić information content (AvgIpc) is 2.85. The fourth-order valence-corrected chi connectivity index (χ4v) is 5.00. The number of fused-ring (bicyclic) bond motifs is 1. The molecule has 3 atom stereocenters. The summed E-state index contributed by atoms with van der Waals surface area (Å²) < 4.78 is 10.6. The first-order valence-corrected chi connectivity index (χ1v) is 11.4. The van der Waals surface area contributed by atoms with Crippen LogP contribution in [0.25, 0.3) is 0 Å². The van der Waals surface area contributed by atoms with Gasteiger partial charge in [0.25, 0.3) is 0 Å². The van der Waals surface area contributed by atoms with Crippen LogP contribution in [0.3, 0.4) is 0 Å². The number of carbonyl (C=O) groups excluding carboxylic acids is 3. The van der Waals surface area contributed by atoms with E-state index in [-0.39, 0.29) is 30.2 Å². The van der Waals surface area contributed by atoms with Gasteiger partial charge < -0.3 is 19.7 Å². The van der Waals surface area contributed by atoms with E-state index in [1.54, 1.807) is 30.7 Å². The lowest BCUT2D eigenvalue weighted by atomic mass is 9.97. The molecule has 1 saturated heterocycles. The van der Waals surface area contributed by atoms with E-state index in [0.29, 0.717) is 11.3 Å². The predicted octanol–water partition coefficient (Wildman–Crippen LogP) is 2.82. The summed E-state index contributed by atoms with van der Waals surface area (Å²) in [7, 11) is 1.58. The van der Waals surface area contributed by atoms with Crippen LogP contribution in [0.15, 0.2) is 78.2 Å². The molecule has 8 heteroatoms. The second-order valence-electron chi connectivity index (χ2n) is 7.66. The summed E-state index contributed by atoms with van der Waals surface area (Å²) in [6.45, 7) is 3.84. The van der Waals surface area contributed by atoms with Crippen LogP contribution in [0.5, 0.6) is 5.75 Å². The summed E-state index contributed by atoms with van der Waals surface area (Å²) in [5, 5.41) is 4.23. The van der Waals surface area contributed by atoms with E-state index in [1.165, 1.54) is 16.7 Å². The maximum atomic E-state index is 12.9. The van der Waals surface area contributed by atoms with E-state index < -0.39 is 18.1 Å². The second-order valence-corrected chi connectivity index (χ2v) is 8.65. The largest absolute Gasteiger partial charge is 0.497 e. The molecule has 1 fully saturated rings. The number of carbonyl (C=O) groups is 3. The third-order valence-electron chi connectivity index (χ3n) is 5.54. The van der Waals surface area contributed by atoms with Gasteiger partial charge in [-0.3, -0.25) is 9.59 Å². The lowest BCUT2D eigenvalue weighted by molar-refractivity contribution is -0.163. The first kappa shape index (κ1) is 22.7. The van der Waals surface area contributed by atoms with Gasteiger partial charge in [-0.1, -0.05) is 55.1 Å². The van der Waals surface area contributed by atoms with E-state index >= 15 is 0 Å². The molecule has 2 aliphatic rings. The summed E-state index contributed by atoms with van der Waals surface area (Å²) in [6.07, 6.45) is 1.74. The van der Waals surface area contributed by atoms with Crippen molar-refractivity contribution in [3.63, 3.8) is 0 Å². The van der Waals surface area contributed by atoms with Crippen LogP contribution in [0.2, 0.25) is 0 Å². The number of rotatable bonds is 8. The van der Waals surface area contributed by atoms with Gasteiger partial charge in [-0.2, -0.15) is 0 Å². The standard InChI is InChI=1S/C25H24N2O5S/c1-3-18-15-33-24-21(26-20(28)13-16-7-5-4-6-8-16)23(29)27(24)22(18)25(30)32-14-17-9-11-19(31-2)12-10-17/h3-12,15,21-22,24H,1,13-14H2,2H3,(H,26,28)/t21-,22?,24-/m1/s1. The molecular weight excluding hydrogens is 440 g/mol. The average molecular weight is 465 g/mol. The minimum Gasteiger partial charge on any atom is -0.497 e. The van der Waals surface area contributed by atoms with Gasteiger partial charge in [0.05, 0.1) is 13.5 Å². The van der Waals surface area contributed by atoms with Crippen molar-refractivity contribution in [1.82, 2.24) is 10.2 Å². The highest BCUT2D eigenvalue weighted by atomic mass is 32.2. The zero-order valence-electron chi connectivity index (χ0n) is 18.1. The molecule has 2 aromatic carbocycles. The summed E-state index contributed by atoms with van der Waals surface area (Å²) in [6, 6.07) is 14.9. The maximum absolute atomic E-state index is 12.9. The zero-order chi connectivity index (χ0) is 23.4. The van der Waals surface area contributed by atoms with Gasteiger partial charge in [0.1, 0.15) is 23.8 Å². The molecule has 0 radical (unpaired) electrons. The monoisotopic (exact) mass is 464 g/mol. The Kier molecular flexibility index (Phi) is 6.84. The Balaban J connectivity index is 1.40. The van der Waals surface area contributed by atoms with Crippen molar-refractivity contribution >= 4 is 29.5 Å². The van der Waals surface area contributed by atoms with Crippen LogP contribution in [0, 0.1) is 0 Å². The van der Waals surface area contributed by atoms with Gasteiger partial charge in [-0.25, -0.2) is 4.79 Å². The van der Waals surface area contributed by atoms with E-state index in [0.717, 1.165) is 11.1 Å². The number of amides is 2. The summed E-state index contributed by atoms with van der Waals surface area (Å²) >= 11 is 1.38. The number of β-lactam (4-membered cyclic amide) rings is 1. The van der Waals surface area contributed by atoms with Crippen molar-refractivity contribution in [2.75, 3.05) is 7.11 Å². The van der Waals surface area contributed by atoms with Gasteiger partial charge in [-0.05, 0) is 34.2 Å². The minimum absolute atomic E-state index is 0.0703. The van der Waals surface area contributed by atoms with Crippen LogP contribution in [-0.4, -0.2) is 47.3 Å². The molecule has 0 aliphatic carbocycles. The highest BCUT2D eigenvalue weighted by Crippen LogP contribution is 2.40. The topological polar surface area (TPSA) is 84.9 Å². The Morgan fingerprint density at radius 2 is 1.85 bits per heavy atom. The van der Waals surface area contributed by atoms with Gasteiger partial charge in [-0.15, -0.1) is 11.8 Å². The number of methoxy groups -OCH3 is 1. The second kappa shape index (κ2) is 9.95. The molecule has 1 N–H and O–H groups in total. The number of nitrogens with one attached hydrogen (secondary N) is 1. The molecule has 2 aromatic rings. The lowest BCUT2D eigenvalue weighted by Gasteiger charge is -2.51. The predicted molar refractivity (Wildman–Crippen MR) is 125 cm³/mol. The number of thioether (sulfide) groups is 1. The maximum Gasteiger partial charge on any atom is 0.333 e. The van der Waals surface area contributed by atoms with Crippen molar-refractivity contribution in [3.05, 3.63) is 89.4 Å². The number of benzene rings is 2. The molecule has 33 heavy (non-hydrogen) atoms. The molecule has 4 rings (SSSR count). The van der Waals surface area contributed by atoms with Crippen molar-refractivity contribution in [1.29, 1.82) is 0 Å². The molecule has 170 valence electrons. The van der Waals surface area contributed by atoms with Crippen LogP contribution < -0.4 is 10.1 Å².